The molecule has 0 heteroatoms. The molecule has 0 unspecified atom stereocenters. The molecule has 0 bridgehead atoms. The minimum Gasteiger partial charge on any atom is -0.103 e. The Labute approximate surface area is 165 Å². The molecule has 0 atom stereocenters. The van der Waals surface area contributed by atoms with Crippen LogP contribution in [0.2, 0.25) is 0 Å². The Morgan fingerprint density at radius 1 is 0.577 bits per heavy atom. The largest absolute Gasteiger partial charge is 0.103 e. The van der Waals surface area contributed by atoms with Gasteiger partial charge in [-0.25, -0.2) is 0 Å². The molecule has 0 spiro atoms. The van der Waals surface area contributed by atoms with E-state index in [9.17, 15) is 0 Å². The summed E-state index contributed by atoms with van der Waals surface area (Å²) >= 11 is 0. The minimum atomic E-state index is 1.21. The molecular formula is C26H48. The molecule has 0 radical (unpaired) electrons. The average molecular weight is 361 g/mol. The fraction of sp³-hybridized carbons (Fsp3) is 0.846. The van der Waals surface area contributed by atoms with Gasteiger partial charge in [0.05, 0.1) is 0 Å². The van der Waals surface area contributed by atoms with Gasteiger partial charge in [-0.05, 0) is 51.4 Å². The van der Waals surface area contributed by atoms with Crippen molar-refractivity contribution < 1.29 is 0 Å². The van der Waals surface area contributed by atoms with E-state index in [1.54, 1.807) is 0 Å². The van der Waals surface area contributed by atoms with Gasteiger partial charge in [-0.2, -0.15) is 0 Å². The first-order valence-corrected chi connectivity index (χ1v) is 12.2. The van der Waals surface area contributed by atoms with Crippen LogP contribution in [-0.4, -0.2) is 0 Å². The SMILES string of the molecule is C=CCCCCCCCCCCCCCCCCC1=C(CCCC)CC1. The summed E-state index contributed by atoms with van der Waals surface area (Å²) in [6.45, 7) is 6.10. The molecule has 26 heavy (non-hydrogen) atoms. The summed E-state index contributed by atoms with van der Waals surface area (Å²) in [6, 6.07) is 0. The van der Waals surface area contributed by atoms with Gasteiger partial charge >= 0.3 is 0 Å². The molecule has 0 fully saturated rings. The van der Waals surface area contributed by atoms with Crippen molar-refractivity contribution >= 4 is 0 Å². The van der Waals surface area contributed by atoms with Crippen molar-refractivity contribution in [3.05, 3.63) is 23.8 Å². The number of rotatable bonds is 20. The summed E-state index contributed by atoms with van der Waals surface area (Å²) in [6.07, 6.45) is 32.1. The van der Waals surface area contributed by atoms with Crippen LogP contribution in [0.4, 0.5) is 0 Å². The van der Waals surface area contributed by atoms with Crippen molar-refractivity contribution in [2.75, 3.05) is 0 Å². The van der Waals surface area contributed by atoms with Crippen LogP contribution in [0.15, 0.2) is 23.8 Å². The maximum Gasteiger partial charge on any atom is -0.0280 e. The van der Waals surface area contributed by atoms with Gasteiger partial charge in [0.2, 0.25) is 0 Å². The van der Waals surface area contributed by atoms with Crippen LogP contribution in [0.25, 0.3) is 0 Å². The van der Waals surface area contributed by atoms with Crippen LogP contribution < -0.4 is 0 Å². The highest BCUT2D eigenvalue weighted by Crippen LogP contribution is 2.35. The van der Waals surface area contributed by atoms with Gasteiger partial charge < -0.3 is 0 Å². The highest BCUT2D eigenvalue weighted by Gasteiger charge is 2.15. The lowest BCUT2D eigenvalue weighted by Gasteiger charge is -2.24. The van der Waals surface area contributed by atoms with Crippen molar-refractivity contribution in [2.45, 2.75) is 142 Å². The lowest BCUT2D eigenvalue weighted by Crippen LogP contribution is -2.04. The van der Waals surface area contributed by atoms with Crippen molar-refractivity contribution in [1.82, 2.24) is 0 Å². The van der Waals surface area contributed by atoms with Gasteiger partial charge in [-0.15, -0.1) is 6.58 Å². The van der Waals surface area contributed by atoms with Gasteiger partial charge in [-0.3, -0.25) is 0 Å². The maximum absolute atomic E-state index is 3.79. The van der Waals surface area contributed by atoms with E-state index in [0.29, 0.717) is 0 Å². The molecule has 1 rings (SSSR count). The Morgan fingerprint density at radius 2 is 0.962 bits per heavy atom. The second kappa shape index (κ2) is 17.9. The van der Waals surface area contributed by atoms with Crippen molar-refractivity contribution in [3.8, 4) is 0 Å². The Bertz CT molecular complexity index is 349. The molecule has 0 saturated carbocycles. The van der Waals surface area contributed by atoms with E-state index in [0.717, 1.165) is 0 Å². The van der Waals surface area contributed by atoms with E-state index in [1.165, 1.54) is 135 Å². The van der Waals surface area contributed by atoms with Crippen molar-refractivity contribution in [3.63, 3.8) is 0 Å². The molecule has 1 aliphatic carbocycles. The molecule has 0 aromatic rings. The number of allylic oxidation sites excluding steroid dienone is 3. The quantitative estimate of drug-likeness (QED) is 0.150. The summed E-state index contributed by atoms with van der Waals surface area (Å²) in [5.41, 5.74) is 3.68. The average Bonchev–Trinajstić information content (AvgIpc) is 2.63. The zero-order valence-electron chi connectivity index (χ0n) is 18.1. The lowest BCUT2D eigenvalue weighted by molar-refractivity contribution is 0.531. The van der Waals surface area contributed by atoms with E-state index in [1.807, 2.05) is 11.1 Å². The summed E-state index contributed by atoms with van der Waals surface area (Å²) in [5.74, 6) is 0. The summed E-state index contributed by atoms with van der Waals surface area (Å²) in [5, 5.41) is 0. The first-order valence-electron chi connectivity index (χ1n) is 12.2. The second-order valence-corrected chi connectivity index (χ2v) is 8.59. The van der Waals surface area contributed by atoms with E-state index in [2.05, 4.69) is 19.6 Å². The summed E-state index contributed by atoms with van der Waals surface area (Å²) in [7, 11) is 0. The van der Waals surface area contributed by atoms with Crippen molar-refractivity contribution in [2.24, 2.45) is 0 Å². The predicted molar refractivity (Wildman–Crippen MR) is 120 cm³/mol. The van der Waals surface area contributed by atoms with Gasteiger partial charge in [0.15, 0.2) is 0 Å². The van der Waals surface area contributed by atoms with Gasteiger partial charge in [0.1, 0.15) is 0 Å². The van der Waals surface area contributed by atoms with Crippen molar-refractivity contribution in [1.29, 1.82) is 0 Å². The fourth-order valence-electron chi connectivity index (χ4n) is 4.22. The minimum absolute atomic E-state index is 1.21. The van der Waals surface area contributed by atoms with Crippen LogP contribution in [0.1, 0.15) is 142 Å². The Morgan fingerprint density at radius 3 is 1.35 bits per heavy atom. The van der Waals surface area contributed by atoms with E-state index < -0.39 is 0 Å². The molecule has 0 aromatic heterocycles. The zero-order valence-corrected chi connectivity index (χ0v) is 18.1. The van der Waals surface area contributed by atoms with E-state index in [4.69, 9.17) is 0 Å². The molecule has 0 heterocycles. The third-order valence-corrected chi connectivity index (χ3v) is 6.20. The molecule has 0 aliphatic heterocycles. The lowest BCUT2D eigenvalue weighted by atomic mass is 9.82. The standard InChI is InChI=1S/C26H48/c1-3-5-7-8-9-10-11-12-13-14-15-16-17-18-19-20-22-26-24-23-25(26)21-6-4-2/h3H,1,4-24H2,2H3. The molecule has 0 amide bonds. The topological polar surface area (TPSA) is 0 Å². The molecule has 0 N–H and O–H groups in total. The van der Waals surface area contributed by atoms with Crippen LogP contribution in [-0.2, 0) is 0 Å². The zero-order chi connectivity index (χ0) is 18.7. The number of hydrogen-bond donors (Lipinski definition) is 0. The van der Waals surface area contributed by atoms with E-state index in [-0.39, 0.29) is 0 Å². The van der Waals surface area contributed by atoms with E-state index >= 15 is 0 Å². The summed E-state index contributed by atoms with van der Waals surface area (Å²) < 4.78 is 0. The molecule has 0 aromatic carbocycles. The smallest absolute Gasteiger partial charge is 0.0280 e. The van der Waals surface area contributed by atoms with Crippen LogP contribution in [0.5, 0.6) is 0 Å². The summed E-state index contributed by atoms with van der Waals surface area (Å²) in [4.78, 5) is 0. The molecular weight excluding hydrogens is 312 g/mol. The van der Waals surface area contributed by atoms with Crippen LogP contribution >= 0.6 is 0 Å². The number of hydrogen-bond acceptors (Lipinski definition) is 0. The Balaban J connectivity index is 1.74. The Kier molecular flexibility index (Phi) is 16.2. The molecule has 1 aliphatic rings. The van der Waals surface area contributed by atoms with Crippen LogP contribution in [0.3, 0.4) is 0 Å². The highest BCUT2D eigenvalue weighted by atomic mass is 14.2. The molecule has 0 nitrogen and oxygen atoms in total. The predicted octanol–water partition coefficient (Wildman–Crippen LogP) is 9.69. The fourth-order valence-corrected chi connectivity index (χ4v) is 4.22. The third-order valence-electron chi connectivity index (χ3n) is 6.20. The second-order valence-electron chi connectivity index (χ2n) is 8.59. The normalized spacial score (nSPS) is 13.9. The first kappa shape index (κ1) is 23.5. The van der Waals surface area contributed by atoms with Gasteiger partial charge in [0, 0.05) is 0 Å². The highest BCUT2D eigenvalue weighted by molar-refractivity contribution is 5.24. The molecule has 152 valence electrons. The van der Waals surface area contributed by atoms with Gasteiger partial charge in [0.25, 0.3) is 0 Å². The number of unbranched alkanes of at least 4 members (excludes halogenated alkanes) is 15. The van der Waals surface area contributed by atoms with Gasteiger partial charge in [-0.1, -0.05) is 108 Å². The first-order chi connectivity index (χ1) is 12.9. The molecule has 0 saturated heterocycles. The maximum atomic E-state index is 3.79. The third kappa shape index (κ3) is 12.8. The monoisotopic (exact) mass is 360 g/mol. The Hall–Kier alpha value is -0.520. The van der Waals surface area contributed by atoms with Crippen LogP contribution in [0, 0.1) is 0 Å².